The van der Waals surface area contributed by atoms with Crippen molar-refractivity contribution in [2.75, 3.05) is 19.6 Å². The van der Waals surface area contributed by atoms with Crippen LogP contribution in [0.25, 0.3) is 6.08 Å². The van der Waals surface area contributed by atoms with Gasteiger partial charge in [0.2, 0.25) is 5.91 Å². The van der Waals surface area contributed by atoms with Crippen molar-refractivity contribution in [2.24, 2.45) is 10.9 Å². The molecule has 10 nitrogen and oxygen atoms in total. The Morgan fingerprint density at radius 3 is 2.39 bits per heavy atom. The third-order valence-electron chi connectivity index (χ3n) is 4.95. The van der Waals surface area contributed by atoms with Gasteiger partial charge in [-0.05, 0) is 22.8 Å². The van der Waals surface area contributed by atoms with E-state index in [-0.39, 0.29) is 25.5 Å². The van der Waals surface area contributed by atoms with Gasteiger partial charge in [-0.1, -0.05) is 54.6 Å². The fourth-order valence-corrected chi connectivity index (χ4v) is 3.36. The molecule has 1 aliphatic rings. The molecule has 2 aromatic rings. The summed E-state index contributed by atoms with van der Waals surface area (Å²) in [5.74, 6) is 2.82. The summed E-state index contributed by atoms with van der Waals surface area (Å²) in [5.41, 5.74) is 1.96. The number of rotatable bonds is 9. The SMILES string of the molecule is NN=Cc1ccc(C=CC(=O)NCCN2CC(=O)N(C(C(=O)O)c3ccccc3)C2=O)cc1. The van der Waals surface area contributed by atoms with Gasteiger partial charge in [-0.25, -0.2) is 14.5 Å². The lowest BCUT2D eigenvalue weighted by Gasteiger charge is -2.23. The fraction of sp³-hybridized carbons (Fsp3) is 0.174. The van der Waals surface area contributed by atoms with Crippen LogP contribution in [0.1, 0.15) is 22.7 Å². The summed E-state index contributed by atoms with van der Waals surface area (Å²) in [7, 11) is 0. The monoisotopic (exact) mass is 449 g/mol. The van der Waals surface area contributed by atoms with Gasteiger partial charge >= 0.3 is 12.0 Å². The molecule has 0 radical (unpaired) electrons. The van der Waals surface area contributed by atoms with E-state index in [1.165, 1.54) is 17.2 Å². The topological polar surface area (TPSA) is 145 Å². The first-order valence-corrected chi connectivity index (χ1v) is 10.1. The van der Waals surface area contributed by atoms with Crippen LogP contribution in [0, 0.1) is 0 Å². The summed E-state index contributed by atoms with van der Waals surface area (Å²) in [6, 6.07) is 13.2. The first-order chi connectivity index (χ1) is 15.9. The summed E-state index contributed by atoms with van der Waals surface area (Å²) < 4.78 is 0. The van der Waals surface area contributed by atoms with Crippen molar-refractivity contribution in [2.45, 2.75) is 6.04 Å². The van der Waals surface area contributed by atoms with E-state index in [4.69, 9.17) is 5.84 Å². The summed E-state index contributed by atoms with van der Waals surface area (Å²) in [4.78, 5) is 50.9. The maximum absolute atomic E-state index is 12.7. The lowest BCUT2D eigenvalue weighted by Crippen LogP contribution is -2.41. The number of aliphatic carboxylic acids is 1. The number of hydrazone groups is 1. The Hall–Kier alpha value is -4.47. The number of nitrogens with one attached hydrogen (secondary N) is 1. The highest BCUT2D eigenvalue weighted by molar-refractivity contribution is 6.05. The molecule has 0 spiro atoms. The van der Waals surface area contributed by atoms with Crippen LogP contribution in [-0.2, 0) is 14.4 Å². The van der Waals surface area contributed by atoms with Gasteiger partial charge in [-0.3, -0.25) is 9.59 Å². The molecule has 4 amide bonds. The maximum atomic E-state index is 12.7. The van der Waals surface area contributed by atoms with Gasteiger partial charge in [0.15, 0.2) is 6.04 Å². The average molecular weight is 449 g/mol. The van der Waals surface area contributed by atoms with E-state index < -0.39 is 23.9 Å². The molecule has 0 aromatic heterocycles. The highest BCUT2D eigenvalue weighted by atomic mass is 16.4. The van der Waals surface area contributed by atoms with Gasteiger partial charge in [0.1, 0.15) is 6.54 Å². The molecule has 1 heterocycles. The molecular weight excluding hydrogens is 426 g/mol. The molecule has 1 fully saturated rings. The highest BCUT2D eigenvalue weighted by Crippen LogP contribution is 2.26. The number of hydrogen-bond donors (Lipinski definition) is 3. The number of nitrogens with zero attached hydrogens (tertiary/aromatic N) is 3. The van der Waals surface area contributed by atoms with Gasteiger partial charge < -0.3 is 21.2 Å². The first kappa shape index (κ1) is 23.2. The predicted octanol–water partition coefficient (Wildman–Crippen LogP) is 1.20. The van der Waals surface area contributed by atoms with Crippen LogP contribution in [-0.4, -0.2) is 64.6 Å². The van der Waals surface area contributed by atoms with Gasteiger partial charge in [0.25, 0.3) is 5.91 Å². The minimum Gasteiger partial charge on any atom is -0.479 e. The summed E-state index contributed by atoms with van der Waals surface area (Å²) in [5, 5.41) is 15.7. The van der Waals surface area contributed by atoms with E-state index in [0.717, 1.165) is 16.0 Å². The number of benzene rings is 2. The second-order valence-corrected chi connectivity index (χ2v) is 7.19. The number of nitrogens with two attached hydrogens (primary N) is 1. The molecular formula is C23H23N5O5. The molecule has 4 N–H and O–H groups in total. The Bertz CT molecular complexity index is 1080. The van der Waals surface area contributed by atoms with Gasteiger partial charge in [-0.15, -0.1) is 0 Å². The van der Waals surface area contributed by atoms with E-state index in [1.807, 2.05) is 0 Å². The zero-order chi connectivity index (χ0) is 23.8. The van der Waals surface area contributed by atoms with Crippen molar-refractivity contribution in [3.8, 4) is 0 Å². The molecule has 0 bridgehead atoms. The van der Waals surface area contributed by atoms with Crippen molar-refractivity contribution >= 4 is 36.1 Å². The van der Waals surface area contributed by atoms with Crippen LogP contribution in [0.15, 0.2) is 65.8 Å². The molecule has 1 atom stereocenters. The largest absolute Gasteiger partial charge is 0.479 e. The number of carbonyl (C=O) groups excluding carboxylic acids is 3. The zero-order valence-electron chi connectivity index (χ0n) is 17.6. The maximum Gasteiger partial charge on any atom is 0.331 e. The van der Waals surface area contributed by atoms with Crippen LogP contribution in [0.3, 0.4) is 0 Å². The molecule has 1 saturated heterocycles. The normalized spacial score (nSPS) is 14.9. The quantitative estimate of drug-likeness (QED) is 0.172. The number of carbonyl (C=O) groups is 4. The van der Waals surface area contributed by atoms with Crippen LogP contribution in [0.5, 0.6) is 0 Å². The number of imide groups is 1. The zero-order valence-corrected chi connectivity index (χ0v) is 17.6. The molecule has 0 aliphatic carbocycles. The fourth-order valence-electron chi connectivity index (χ4n) is 3.36. The Labute approximate surface area is 190 Å². The lowest BCUT2D eigenvalue weighted by molar-refractivity contribution is -0.146. The van der Waals surface area contributed by atoms with Crippen molar-refractivity contribution < 1.29 is 24.3 Å². The van der Waals surface area contributed by atoms with E-state index >= 15 is 0 Å². The highest BCUT2D eigenvalue weighted by Gasteiger charge is 2.43. The molecule has 33 heavy (non-hydrogen) atoms. The third-order valence-corrected chi connectivity index (χ3v) is 4.95. The second kappa shape index (κ2) is 10.7. The van der Waals surface area contributed by atoms with Gasteiger partial charge in [0.05, 0.1) is 6.21 Å². The van der Waals surface area contributed by atoms with Crippen molar-refractivity contribution in [1.29, 1.82) is 0 Å². The molecule has 0 saturated carbocycles. The van der Waals surface area contributed by atoms with E-state index in [1.54, 1.807) is 60.7 Å². The number of carboxylic acid groups (broad SMARTS) is 1. The summed E-state index contributed by atoms with van der Waals surface area (Å²) in [6.07, 6.45) is 4.48. The standard InChI is InChI=1S/C23H23N5O5/c24-26-14-17-8-6-16(7-9-17)10-11-19(29)25-12-13-27-15-20(30)28(23(27)33)21(22(31)32)18-4-2-1-3-5-18/h1-11,14,21H,12-13,15,24H2,(H,25,29)(H,31,32). The summed E-state index contributed by atoms with van der Waals surface area (Å²) in [6.45, 7) is -0.0838. The van der Waals surface area contributed by atoms with E-state index in [0.29, 0.717) is 5.56 Å². The molecule has 170 valence electrons. The Morgan fingerprint density at radius 1 is 1.09 bits per heavy atom. The van der Waals surface area contributed by atoms with Crippen molar-refractivity contribution in [3.05, 3.63) is 77.4 Å². The second-order valence-electron chi connectivity index (χ2n) is 7.19. The predicted molar refractivity (Wildman–Crippen MR) is 121 cm³/mol. The van der Waals surface area contributed by atoms with E-state index in [9.17, 15) is 24.3 Å². The average Bonchev–Trinajstić information content (AvgIpc) is 3.07. The van der Waals surface area contributed by atoms with Crippen molar-refractivity contribution in [3.63, 3.8) is 0 Å². The molecule has 1 aliphatic heterocycles. The Balaban J connectivity index is 1.54. The van der Waals surface area contributed by atoms with Crippen molar-refractivity contribution in [1.82, 2.24) is 15.1 Å². The smallest absolute Gasteiger partial charge is 0.331 e. The van der Waals surface area contributed by atoms with Crippen LogP contribution < -0.4 is 11.2 Å². The molecule has 10 heteroatoms. The number of hydrogen-bond acceptors (Lipinski definition) is 6. The molecule has 1 unspecified atom stereocenters. The third kappa shape index (κ3) is 5.82. The van der Waals surface area contributed by atoms with Gasteiger partial charge in [-0.2, -0.15) is 5.10 Å². The minimum absolute atomic E-state index is 0.0644. The minimum atomic E-state index is -1.41. The Morgan fingerprint density at radius 2 is 1.76 bits per heavy atom. The Kier molecular flexibility index (Phi) is 7.53. The lowest BCUT2D eigenvalue weighted by atomic mass is 10.1. The number of amides is 4. The summed E-state index contributed by atoms with van der Waals surface area (Å²) >= 11 is 0. The molecule has 3 rings (SSSR count). The van der Waals surface area contributed by atoms with Gasteiger partial charge in [0, 0.05) is 19.2 Å². The van der Waals surface area contributed by atoms with Crippen LogP contribution in [0.2, 0.25) is 0 Å². The van der Waals surface area contributed by atoms with Crippen LogP contribution >= 0.6 is 0 Å². The first-order valence-electron chi connectivity index (χ1n) is 10.1. The number of urea groups is 1. The van der Waals surface area contributed by atoms with E-state index in [2.05, 4.69) is 10.4 Å². The number of carboxylic acids is 1. The molecule has 2 aromatic carbocycles. The van der Waals surface area contributed by atoms with Crippen LogP contribution in [0.4, 0.5) is 4.79 Å².